The molecule has 0 radical (unpaired) electrons. The Hall–Kier alpha value is -1.84. The summed E-state index contributed by atoms with van der Waals surface area (Å²) in [5.74, 6) is 1.26. The molecule has 0 bridgehead atoms. The summed E-state index contributed by atoms with van der Waals surface area (Å²) in [5, 5.41) is 3.08. The predicted molar refractivity (Wildman–Crippen MR) is 120 cm³/mol. The molecule has 3 N–H and O–H groups in total. The second-order valence-electron chi connectivity index (χ2n) is 6.14. The molecule has 0 atom stereocenters. The molecule has 1 aliphatic rings. The lowest BCUT2D eigenvalue weighted by Gasteiger charge is -2.26. The number of nitrogens with one attached hydrogen (secondary N) is 1. The zero-order chi connectivity index (χ0) is 18.0. The Bertz CT molecular complexity index is 706. The van der Waals surface area contributed by atoms with Gasteiger partial charge in [0.2, 0.25) is 0 Å². The maximum atomic E-state index is 5.95. The summed E-state index contributed by atoms with van der Waals surface area (Å²) >= 11 is 0. The number of halogens is 1. The minimum atomic E-state index is 0. The molecule has 3 rings (SSSR count). The van der Waals surface area contributed by atoms with E-state index in [2.05, 4.69) is 15.2 Å². The summed E-state index contributed by atoms with van der Waals surface area (Å²) in [6.07, 6.45) is 0. The van der Waals surface area contributed by atoms with E-state index in [1.165, 1.54) is 0 Å². The van der Waals surface area contributed by atoms with Gasteiger partial charge in [0.15, 0.2) is 5.96 Å². The van der Waals surface area contributed by atoms with Crippen molar-refractivity contribution >= 4 is 35.6 Å². The van der Waals surface area contributed by atoms with Gasteiger partial charge >= 0.3 is 0 Å². The lowest BCUT2D eigenvalue weighted by molar-refractivity contribution is 0.0322. The Morgan fingerprint density at radius 1 is 1.11 bits per heavy atom. The average Bonchev–Trinajstić information content (AvgIpc) is 2.68. The fourth-order valence-electron chi connectivity index (χ4n) is 2.74. The van der Waals surface area contributed by atoms with E-state index < -0.39 is 0 Å². The number of rotatable bonds is 7. The van der Waals surface area contributed by atoms with Crippen molar-refractivity contribution in [3.63, 3.8) is 0 Å². The van der Waals surface area contributed by atoms with E-state index >= 15 is 0 Å². The zero-order valence-corrected chi connectivity index (χ0v) is 17.7. The van der Waals surface area contributed by atoms with Crippen molar-refractivity contribution in [1.29, 1.82) is 0 Å². The molecule has 2 aromatic rings. The van der Waals surface area contributed by atoms with Gasteiger partial charge in [0.25, 0.3) is 0 Å². The molecule has 1 aliphatic heterocycles. The van der Waals surface area contributed by atoms with Crippen LogP contribution in [0.2, 0.25) is 0 Å². The number of hydrogen-bond acceptors (Lipinski definition) is 4. The van der Waals surface area contributed by atoms with Gasteiger partial charge in [0.1, 0.15) is 12.4 Å². The van der Waals surface area contributed by atoms with Crippen molar-refractivity contribution in [2.24, 2.45) is 10.7 Å². The van der Waals surface area contributed by atoms with Crippen LogP contribution in [0.4, 0.5) is 5.69 Å². The van der Waals surface area contributed by atoms with Crippen molar-refractivity contribution in [2.75, 3.05) is 44.8 Å². The molecule has 146 valence electrons. The molecular formula is C20H27IN4O2. The largest absolute Gasteiger partial charge is 0.492 e. The van der Waals surface area contributed by atoms with Gasteiger partial charge in [-0.1, -0.05) is 30.3 Å². The molecule has 6 nitrogen and oxygen atoms in total. The summed E-state index contributed by atoms with van der Waals surface area (Å²) in [4.78, 5) is 6.74. The Labute approximate surface area is 177 Å². The van der Waals surface area contributed by atoms with E-state index in [-0.39, 0.29) is 24.0 Å². The highest BCUT2D eigenvalue weighted by Crippen LogP contribution is 2.14. The molecule has 1 heterocycles. The summed E-state index contributed by atoms with van der Waals surface area (Å²) < 4.78 is 11.2. The molecule has 0 aromatic heterocycles. The quantitative estimate of drug-likeness (QED) is 0.361. The lowest BCUT2D eigenvalue weighted by Crippen LogP contribution is -2.38. The van der Waals surface area contributed by atoms with Crippen LogP contribution in [0, 0.1) is 0 Å². The average molecular weight is 482 g/mol. The predicted octanol–water partition coefficient (Wildman–Crippen LogP) is 2.94. The molecular weight excluding hydrogens is 455 g/mol. The minimum Gasteiger partial charge on any atom is -0.492 e. The number of anilines is 1. The lowest BCUT2D eigenvalue weighted by atomic mass is 10.2. The number of morpholine rings is 1. The van der Waals surface area contributed by atoms with Gasteiger partial charge in [0.05, 0.1) is 19.8 Å². The van der Waals surface area contributed by atoms with E-state index in [0.29, 0.717) is 19.1 Å². The van der Waals surface area contributed by atoms with Gasteiger partial charge in [-0.2, -0.15) is 0 Å². The molecule has 2 aromatic carbocycles. The van der Waals surface area contributed by atoms with Crippen LogP contribution < -0.4 is 15.8 Å². The Morgan fingerprint density at radius 3 is 2.67 bits per heavy atom. The zero-order valence-electron chi connectivity index (χ0n) is 15.3. The van der Waals surface area contributed by atoms with Crippen molar-refractivity contribution in [3.05, 3.63) is 60.2 Å². The number of guanidine groups is 1. The molecule has 0 saturated carbocycles. The Balaban J connectivity index is 0.00000261. The topological polar surface area (TPSA) is 72.1 Å². The van der Waals surface area contributed by atoms with Crippen molar-refractivity contribution in [1.82, 2.24) is 4.90 Å². The number of ether oxygens (including phenoxy) is 2. The molecule has 1 fully saturated rings. The maximum Gasteiger partial charge on any atom is 0.193 e. The van der Waals surface area contributed by atoms with Crippen LogP contribution in [0.5, 0.6) is 5.75 Å². The molecule has 7 heteroatoms. The first-order valence-electron chi connectivity index (χ1n) is 8.93. The Kier molecular flexibility index (Phi) is 9.37. The smallest absolute Gasteiger partial charge is 0.193 e. The van der Waals surface area contributed by atoms with E-state index in [1.54, 1.807) is 0 Å². The molecule has 0 aliphatic carbocycles. The number of nitrogens with two attached hydrogens (primary N) is 1. The third-order valence-corrected chi connectivity index (χ3v) is 4.16. The summed E-state index contributed by atoms with van der Waals surface area (Å²) in [6, 6.07) is 17.8. The van der Waals surface area contributed by atoms with Crippen molar-refractivity contribution in [2.45, 2.75) is 6.54 Å². The van der Waals surface area contributed by atoms with Crippen LogP contribution in [0.3, 0.4) is 0 Å². The van der Waals surface area contributed by atoms with E-state index in [0.717, 1.165) is 49.8 Å². The molecule has 0 amide bonds. The Morgan fingerprint density at radius 2 is 1.89 bits per heavy atom. The SMILES string of the molecule is I.NC(=NCc1cccc(OCCN2CCOCC2)c1)Nc1ccccc1. The standard InChI is InChI=1S/C20H26N4O2.HI/c21-20(23-18-6-2-1-3-7-18)22-16-17-5-4-8-19(15-17)26-14-11-24-9-12-25-13-10-24;/h1-8,15H,9-14,16H2,(H3,21,22,23);1H. The first-order chi connectivity index (χ1) is 12.8. The van der Waals surface area contributed by atoms with Gasteiger partial charge in [-0.3, -0.25) is 4.90 Å². The van der Waals surface area contributed by atoms with E-state index in [4.69, 9.17) is 15.2 Å². The van der Waals surface area contributed by atoms with Crippen LogP contribution in [0.15, 0.2) is 59.6 Å². The fraction of sp³-hybridized carbons (Fsp3) is 0.350. The van der Waals surface area contributed by atoms with Gasteiger partial charge in [-0.25, -0.2) is 4.99 Å². The summed E-state index contributed by atoms with van der Waals surface area (Å²) in [5.41, 5.74) is 7.93. The normalized spacial score (nSPS) is 15.0. The third kappa shape index (κ3) is 7.74. The van der Waals surface area contributed by atoms with Crippen LogP contribution in [-0.4, -0.2) is 50.3 Å². The number of benzene rings is 2. The van der Waals surface area contributed by atoms with E-state index in [9.17, 15) is 0 Å². The second kappa shape index (κ2) is 11.8. The summed E-state index contributed by atoms with van der Waals surface area (Å²) in [6.45, 7) is 5.67. The van der Waals surface area contributed by atoms with Gasteiger partial charge in [-0.15, -0.1) is 24.0 Å². The molecule has 0 unspecified atom stereocenters. The van der Waals surface area contributed by atoms with Crippen molar-refractivity contribution in [3.8, 4) is 5.75 Å². The van der Waals surface area contributed by atoms with Gasteiger partial charge < -0.3 is 20.5 Å². The second-order valence-corrected chi connectivity index (χ2v) is 6.14. The number of hydrogen-bond donors (Lipinski definition) is 2. The summed E-state index contributed by atoms with van der Waals surface area (Å²) in [7, 11) is 0. The van der Waals surface area contributed by atoms with E-state index in [1.807, 2.05) is 54.6 Å². The van der Waals surface area contributed by atoms with Crippen LogP contribution in [-0.2, 0) is 11.3 Å². The number of para-hydroxylation sites is 1. The van der Waals surface area contributed by atoms with Gasteiger partial charge in [0, 0.05) is 25.3 Å². The molecule has 1 saturated heterocycles. The highest BCUT2D eigenvalue weighted by Gasteiger charge is 2.09. The van der Waals surface area contributed by atoms with Crippen LogP contribution in [0.1, 0.15) is 5.56 Å². The minimum absolute atomic E-state index is 0. The molecule has 27 heavy (non-hydrogen) atoms. The first-order valence-corrected chi connectivity index (χ1v) is 8.93. The fourth-order valence-corrected chi connectivity index (χ4v) is 2.74. The van der Waals surface area contributed by atoms with Gasteiger partial charge in [-0.05, 0) is 29.8 Å². The van der Waals surface area contributed by atoms with Crippen molar-refractivity contribution < 1.29 is 9.47 Å². The first kappa shape index (κ1) is 21.5. The maximum absolute atomic E-state index is 5.95. The highest BCUT2D eigenvalue weighted by molar-refractivity contribution is 14.0. The number of aliphatic imine (C=N–C) groups is 1. The molecule has 0 spiro atoms. The monoisotopic (exact) mass is 482 g/mol. The number of nitrogens with zero attached hydrogens (tertiary/aromatic N) is 2. The van der Waals surface area contributed by atoms with Crippen LogP contribution >= 0.6 is 24.0 Å². The third-order valence-electron chi connectivity index (χ3n) is 4.16. The highest BCUT2D eigenvalue weighted by atomic mass is 127. The van der Waals surface area contributed by atoms with Crippen LogP contribution in [0.25, 0.3) is 0 Å².